The molecule has 3 aromatic rings. The summed E-state index contributed by atoms with van der Waals surface area (Å²) in [7, 11) is -3.55. The summed E-state index contributed by atoms with van der Waals surface area (Å²) in [4.78, 5) is 16.6. The van der Waals surface area contributed by atoms with Crippen LogP contribution in [0.5, 0.6) is 0 Å². The van der Waals surface area contributed by atoms with E-state index in [2.05, 4.69) is 14.7 Å². The van der Waals surface area contributed by atoms with Crippen molar-refractivity contribution in [3.63, 3.8) is 0 Å². The van der Waals surface area contributed by atoms with Crippen molar-refractivity contribution in [3.8, 4) is 11.1 Å². The first-order chi connectivity index (χ1) is 14.5. The molecule has 0 radical (unpaired) electrons. The van der Waals surface area contributed by atoms with Crippen molar-refractivity contribution in [1.29, 1.82) is 0 Å². The van der Waals surface area contributed by atoms with Crippen molar-refractivity contribution in [2.75, 3.05) is 13.2 Å². The highest BCUT2D eigenvalue weighted by Crippen LogP contribution is 2.28. The van der Waals surface area contributed by atoms with E-state index in [1.807, 2.05) is 19.1 Å². The van der Waals surface area contributed by atoms with Gasteiger partial charge in [-0.2, -0.15) is 13.2 Å². The molecular formula is C19H20F3N3O5S. The molecular weight excluding hydrogens is 439 g/mol. The molecule has 0 atom stereocenters. The third-order valence-electron chi connectivity index (χ3n) is 4.01. The predicted octanol–water partition coefficient (Wildman–Crippen LogP) is 2.83. The zero-order valence-corrected chi connectivity index (χ0v) is 17.1. The van der Waals surface area contributed by atoms with Gasteiger partial charge in [-0.05, 0) is 48.7 Å². The molecule has 0 aliphatic rings. The SMILES string of the molecule is Cc1cc2c(-c3ccc(S(=O)(=O)NCCCO)cc3)ccnc2[nH]1.O=C(O)C(F)(F)F. The number of fused-ring (bicyclic) bond motifs is 1. The number of hydrogen-bond acceptors (Lipinski definition) is 5. The number of nitrogens with zero attached hydrogens (tertiary/aromatic N) is 1. The summed E-state index contributed by atoms with van der Waals surface area (Å²) < 4.78 is 58.5. The van der Waals surface area contributed by atoms with Crippen LogP contribution in [-0.2, 0) is 14.8 Å². The number of benzene rings is 1. The van der Waals surface area contributed by atoms with E-state index in [4.69, 9.17) is 15.0 Å². The van der Waals surface area contributed by atoms with Gasteiger partial charge >= 0.3 is 12.1 Å². The summed E-state index contributed by atoms with van der Waals surface area (Å²) in [5.74, 6) is -2.76. The molecule has 0 saturated carbocycles. The van der Waals surface area contributed by atoms with Crippen molar-refractivity contribution in [1.82, 2.24) is 14.7 Å². The van der Waals surface area contributed by atoms with E-state index in [9.17, 15) is 21.6 Å². The van der Waals surface area contributed by atoms with Crippen LogP contribution in [0.15, 0.2) is 47.5 Å². The van der Waals surface area contributed by atoms with Crippen molar-refractivity contribution >= 4 is 27.0 Å². The van der Waals surface area contributed by atoms with E-state index < -0.39 is 22.2 Å². The van der Waals surface area contributed by atoms with Crippen LogP contribution in [0.2, 0.25) is 0 Å². The van der Waals surface area contributed by atoms with Gasteiger partial charge in [0.1, 0.15) is 5.65 Å². The van der Waals surface area contributed by atoms with E-state index in [1.54, 1.807) is 30.5 Å². The normalized spacial score (nSPS) is 11.8. The molecule has 8 nitrogen and oxygen atoms in total. The first-order valence-electron chi connectivity index (χ1n) is 8.91. The van der Waals surface area contributed by atoms with Gasteiger partial charge < -0.3 is 15.2 Å². The van der Waals surface area contributed by atoms with Crippen LogP contribution in [0.25, 0.3) is 22.2 Å². The molecule has 0 unspecified atom stereocenters. The molecule has 0 aliphatic carbocycles. The molecule has 12 heteroatoms. The average Bonchev–Trinajstić information content (AvgIpc) is 3.08. The summed E-state index contributed by atoms with van der Waals surface area (Å²) in [6.07, 6.45) is -2.96. The minimum atomic E-state index is -5.08. The highest BCUT2D eigenvalue weighted by atomic mass is 32.2. The van der Waals surface area contributed by atoms with Crippen molar-refractivity contribution < 1.29 is 36.6 Å². The number of aromatic nitrogens is 2. The number of aromatic amines is 1. The van der Waals surface area contributed by atoms with Crippen molar-refractivity contribution in [2.45, 2.75) is 24.4 Å². The Balaban J connectivity index is 0.000000423. The number of halogens is 3. The number of carboxylic acid groups (broad SMARTS) is 1. The maximum atomic E-state index is 12.2. The maximum absolute atomic E-state index is 12.2. The van der Waals surface area contributed by atoms with Gasteiger partial charge in [-0.3, -0.25) is 0 Å². The van der Waals surface area contributed by atoms with Gasteiger partial charge in [0.05, 0.1) is 4.90 Å². The molecule has 0 aliphatic heterocycles. The number of alkyl halides is 3. The molecule has 0 bridgehead atoms. The fourth-order valence-corrected chi connectivity index (χ4v) is 3.67. The number of aliphatic hydroxyl groups is 1. The molecule has 3 rings (SSSR count). The van der Waals surface area contributed by atoms with Gasteiger partial charge in [0.15, 0.2) is 0 Å². The van der Waals surface area contributed by atoms with Gasteiger partial charge in [-0.1, -0.05) is 12.1 Å². The van der Waals surface area contributed by atoms with Crippen LogP contribution in [0.3, 0.4) is 0 Å². The number of aliphatic hydroxyl groups excluding tert-OH is 1. The van der Waals surface area contributed by atoms with E-state index in [0.717, 1.165) is 27.9 Å². The van der Waals surface area contributed by atoms with Crippen LogP contribution in [0.1, 0.15) is 12.1 Å². The number of carbonyl (C=O) groups is 1. The quantitative estimate of drug-likeness (QED) is 0.419. The largest absolute Gasteiger partial charge is 0.490 e. The Kier molecular flexibility index (Phi) is 7.76. The topological polar surface area (TPSA) is 132 Å². The summed E-state index contributed by atoms with van der Waals surface area (Å²) in [6, 6.07) is 10.7. The number of hydrogen-bond donors (Lipinski definition) is 4. The van der Waals surface area contributed by atoms with Crippen molar-refractivity contribution in [2.24, 2.45) is 0 Å². The number of rotatable bonds is 6. The Bertz CT molecular complexity index is 1140. The molecule has 168 valence electrons. The van der Waals surface area contributed by atoms with Gasteiger partial charge in [0, 0.05) is 30.4 Å². The number of sulfonamides is 1. The minimum Gasteiger partial charge on any atom is -0.475 e. The lowest BCUT2D eigenvalue weighted by Crippen LogP contribution is -2.25. The van der Waals surface area contributed by atoms with Gasteiger partial charge in [-0.15, -0.1) is 0 Å². The molecule has 4 N–H and O–H groups in total. The Labute approximate surface area is 175 Å². The average molecular weight is 459 g/mol. The third-order valence-corrected chi connectivity index (χ3v) is 5.49. The zero-order valence-electron chi connectivity index (χ0n) is 16.3. The maximum Gasteiger partial charge on any atom is 0.490 e. The molecule has 0 saturated heterocycles. The summed E-state index contributed by atoms with van der Waals surface area (Å²) in [5.41, 5.74) is 3.77. The molecule has 0 fully saturated rings. The highest BCUT2D eigenvalue weighted by molar-refractivity contribution is 7.89. The summed E-state index contributed by atoms with van der Waals surface area (Å²) in [6.45, 7) is 2.14. The lowest BCUT2D eigenvalue weighted by Gasteiger charge is -2.08. The van der Waals surface area contributed by atoms with Crippen LogP contribution in [0.4, 0.5) is 13.2 Å². The Morgan fingerprint density at radius 3 is 2.35 bits per heavy atom. The highest BCUT2D eigenvalue weighted by Gasteiger charge is 2.38. The van der Waals surface area contributed by atoms with E-state index in [0.29, 0.717) is 6.42 Å². The number of aliphatic carboxylic acids is 1. The second-order valence-corrected chi connectivity index (χ2v) is 8.14. The minimum absolute atomic E-state index is 0.0461. The fourth-order valence-electron chi connectivity index (χ4n) is 2.59. The molecule has 0 amide bonds. The number of aryl methyl sites for hydroxylation is 1. The standard InChI is InChI=1S/C17H19N3O3S.C2HF3O2/c1-12-11-16-15(7-9-18-17(16)20-12)13-3-5-14(6-4-13)24(22,23)19-8-2-10-21;3-2(4,5)1(6)7/h3-7,9,11,19,21H,2,8,10H2,1H3,(H,18,20);(H,6,7). The second kappa shape index (κ2) is 9.90. The predicted molar refractivity (Wildman–Crippen MR) is 107 cm³/mol. The first-order valence-corrected chi connectivity index (χ1v) is 10.4. The molecule has 1 aromatic carbocycles. The van der Waals surface area contributed by atoms with E-state index >= 15 is 0 Å². The fraction of sp³-hybridized carbons (Fsp3) is 0.263. The number of H-pyrrole nitrogens is 1. The van der Waals surface area contributed by atoms with Crippen molar-refractivity contribution in [3.05, 3.63) is 48.3 Å². The smallest absolute Gasteiger partial charge is 0.475 e. The lowest BCUT2D eigenvalue weighted by molar-refractivity contribution is -0.192. The molecule has 0 spiro atoms. The van der Waals surface area contributed by atoms with E-state index in [-0.39, 0.29) is 18.0 Å². The Hall–Kier alpha value is -2.96. The molecule has 2 heterocycles. The van der Waals surface area contributed by atoms with Crippen LogP contribution < -0.4 is 4.72 Å². The second-order valence-electron chi connectivity index (χ2n) is 6.38. The number of nitrogens with one attached hydrogen (secondary N) is 2. The van der Waals surface area contributed by atoms with Crippen LogP contribution in [-0.4, -0.2) is 53.9 Å². The lowest BCUT2D eigenvalue weighted by atomic mass is 10.0. The monoisotopic (exact) mass is 459 g/mol. The van der Waals surface area contributed by atoms with E-state index in [1.165, 1.54) is 0 Å². The van der Waals surface area contributed by atoms with Gasteiger partial charge in [0.2, 0.25) is 10.0 Å². The third kappa shape index (κ3) is 6.51. The molecule has 31 heavy (non-hydrogen) atoms. The summed E-state index contributed by atoms with van der Waals surface area (Å²) in [5, 5.41) is 16.9. The Morgan fingerprint density at radius 2 is 1.81 bits per heavy atom. The van der Waals surface area contributed by atoms with Gasteiger partial charge in [0.25, 0.3) is 0 Å². The summed E-state index contributed by atoms with van der Waals surface area (Å²) >= 11 is 0. The number of carboxylic acids is 1. The van der Waals surface area contributed by atoms with Crippen LogP contribution >= 0.6 is 0 Å². The molecule has 2 aromatic heterocycles. The van der Waals surface area contributed by atoms with Crippen LogP contribution in [0, 0.1) is 6.92 Å². The first kappa shape index (κ1) is 24.3. The Morgan fingerprint density at radius 1 is 1.19 bits per heavy atom. The van der Waals surface area contributed by atoms with Gasteiger partial charge in [-0.25, -0.2) is 22.9 Å². The number of pyridine rings is 1. The zero-order chi connectivity index (χ0) is 23.2.